The normalized spacial score (nSPS) is 23.2. The zero-order chi connectivity index (χ0) is 13.3. The van der Waals surface area contributed by atoms with Crippen LogP contribution < -0.4 is 10.2 Å². The van der Waals surface area contributed by atoms with Crippen LogP contribution in [0.1, 0.15) is 12.5 Å². The number of ether oxygens (including phenoxy) is 1. The average Bonchev–Trinajstić information content (AvgIpc) is 2.61. The van der Waals surface area contributed by atoms with Gasteiger partial charge in [0, 0.05) is 7.05 Å². The number of amides is 1. The summed E-state index contributed by atoms with van der Waals surface area (Å²) < 4.78 is 5.13. The van der Waals surface area contributed by atoms with Crippen LogP contribution in [0.15, 0.2) is 29.4 Å². The van der Waals surface area contributed by atoms with Gasteiger partial charge >= 0.3 is 0 Å². The molecular formula is C12H15N3O3. The zero-order valence-corrected chi connectivity index (χ0v) is 10.5. The molecule has 1 aliphatic heterocycles. The van der Waals surface area contributed by atoms with E-state index in [0.717, 1.165) is 0 Å². The first kappa shape index (κ1) is 12.5. The first-order valence-electron chi connectivity index (χ1n) is 5.46. The van der Waals surface area contributed by atoms with Gasteiger partial charge in [-0.05, 0) is 24.6 Å². The van der Waals surface area contributed by atoms with Crippen LogP contribution in [0, 0.1) is 0 Å². The van der Waals surface area contributed by atoms with Gasteiger partial charge in [-0.2, -0.15) is 10.6 Å². The molecule has 1 heterocycles. The number of likely N-dealkylation sites (N-methyl/N-ethyl adjacent to an activating group) is 1. The molecule has 1 aliphatic rings. The summed E-state index contributed by atoms with van der Waals surface area (Å²) >= 11 is 0. The zero-order valence-electron chi connectivity index (χ0n) is 10.5. The Morgan fingerprint density at radius 1 is 1.50 bits per heavy atom. The molecule has 0 bridgehead atoms. The predicted octanol–water partition coefficient (Wildman–Crippen LogP) is 0.717. The van der Waals surface area contributed by atoms with Crippen LogP contribution in [0.4, 0.5) is 0 Å². The van der Waals surface area contributed by atoms with Gasteiger partial charge in [-0.1, -0.05) is 12.1 Å². The molecule has 1 aromatic rings. The van der Waals surface area contributed by atoms with Crippen LogP contribution in [0.3, 0.4) is 0 Å². The van der Waals surface area contributed by atoms with E-state index in [4.69, 9.17) is 4.74 Å². The Bertz CT molecular complexity index is 515. The summed E-state index contributed by atoms with van der Waals surface area (Å²) in [6.07, 6.45) is 0. The summed E-state index contributed by atoms with van der Waals surface area (Å²) in [4.78, 5) is 12.2. The highest BCUT2D eigenvalue weighted by atomic mass is 16.5. The van der Waals surface area contributed by atoms with Gasteiger partial charge in [0.2, 0.25) is 0 Å². The molecule has 0 radical (unpaired) electrons. The number of methoxy groups -OCH3 is 1. The minimum atomic E-state index is -1.33. The highest BCUT2D eigenvalue weighted by Gasteiger charge is 2.49. The summed E-state index contributed by atoms with van der Waals surface area (Å²) in [5.41, 5.74) is 1.83. The van der Waals surface area contributed by atoms with Crippen LogP contribution >= 0.6 is 0 Å². The second kappa shape index (κ2) is 4.40. The topological polar surface area (TPSA) is 74.2 Å². The molecule has 0 fully saturated rings. The summed E-state index contributed by atoms with van der Waals surface area (Å²) in [7, 11) is 3.09. The van der Waals surface area contributed by atoms with E-state index >= 15 is 0 Å². The van der Waals surface area contributed by atoms with E-state index in [0.29, 0.717) is 17.0 Å². The lowest BCUT2D eigenvalue weighted by Crippen LogP contribution is -2.52. The van der Waals surface area contributed by atoms with Crippen molar-refractivity contribution in [3.8, 4) is 5.75 Å². The molecule has 0 spiro atoms. The monoisotopic (exact) mass is 249 g/mol. The van der Waals surface area contributed by atoms with Crippen molar-refractivity contribution in [1.82, 2.24) is 10.5 Å². The first-order valence-corrected chi connectivity index (χ1v) is 5.46. The Morgan fingerprint density at radius 2 is 2.22 bits per heavy atom. The summed E-state index contributed by atoms with van der Waals surface area (Å²) in [6, 6.07) is 6.96. The van der Waals surface area contributed by atoms with Crippen molar-refractivity contribution in [2.24, 2.45) is 5.10 Å². The second-order valence-electron chi connectivity index (χ2n) is 4.11. The van der Waals surface area contributed by atoms with Crippen LogP contribution in [0.2, 0.25) is 0 Å². The first-order chi connectivity index (χ1) is 8.56. The Hall–Kier alpha value is -1.92. The Labute approximate surface area is 105 Å². The molecule has 1 atom stereocenters. The SMILES string of the molecule is COc1cccc(C2(NO)C(=O)N(C)N=C2C)c1. The fraction of sp³-hybridized carbons (Fsp3) is 0.333. The number of hydrogen-bond donors (Lipinski definition) is 2. The lowest BCUT2D eigenvalue weighted by molar-refractivity contribution is -0.136. The van der Waals surface area contributed by atoms with Gasteiger partial charge in [-0.25, -0.2) is 5.01 Å². The maximum absolute atomic E-state index is 12.2. The van der Waals surface area contributed by atoms with E-state index in [9.17, 15) is 10.0 Å². The van der Waals surface area contributed by atoms with Crippen LogP contribution in [0.5, 0.6) is 5.75 Å². The van der Waals surface area contributed by atoms with Crippen molar-refractivity contribution in [3.63, 3.8) is 0 Å². The smallest absolute Gasteiger partial charge is 0.275 e. The van der Waals surface area contributed by atoms with Gasteiger partial charge in [0.05, 0.1) is 12.8 Å². The molecule has 2 rings (SSSR count). The molecule has 2 N–H and O–H groups in total. The largest absolute Gasteiger partial charge is 0.497 e. The van der Waals surface area contributed by atoms with Gasteiger partial charge < -0.3 is 9.94 Å². The number of hydroxylamine groups is 1. The summed E-state index contributed by atoms with van der Waals surface area (Å²) in [6.45, 7) is 1.68. The molecule has 0 aliphatic carbocycles. The lowest BCUT2D eigenvalue weighted by Gasteiger charge is -2.26. The van der Waals surface area contributed by atoms with Gasteiger partial charge in [0.25, 0.3) is 5.91 Å². The Kier molecular flexibility index (Phi) is 3.06. The fourth-order valence-electron chi connectivity index (χ4n) is 2.12. The summed E-state index contributed by atoms with van der Waals surface area (Å²) in [5.74, 6) is 0.271. The third-order valence-electron chi connectivity index (χ3n) is 3.13. The number of hydrogen-bond acceptors (Lipinski definition) is 5. The Morgan fingerprint density at radius 3 is 2.72 bits per heavy atom. The number of benzene rings is 1. The average molecular weight is 249 g/mol. The van der Waals surface area contributed by atoms with Crippen molar-refractivity contribution in [2.75, 3.05) is 14.2 Å². The van der Waals surface area contributed by atoms with E-state index < -0.39 is 5.54 Å². The van der Waals surface area contributed by atoms with Crippen molar-refractivity contribution < 1.29 is 14.7 Å². The third kappa shape index (κ3) is 1.58. The van der Waals surface area contributed by atoms with E-state index in [1.807, 2.05) is 0 Å². The number of hydrazone groups is 1. The number of carbonyl (C=O) groups is 1. The minimum Gasteiger partial charge on any atom is -0.497 e. The van der Waals surface area contributed by atoms with E-state index in [-0.39, 0.29) is 5.91 Å². The quantitative estimate of drug-likeness (QED) is 0.774. The summed E-state index contributed by atoms with van der Waals surface area (Å²) in [5, 5.41) is 14.7. The molecule has 18 heavy (non-hydrogen) atoms. The van der Waals surface area contributed by atoms with Crippen molar-refractivity contribution in [1.29, 1.82) is 0 Å². The van der Waals surface area contributed by atoms with Crippen LogP contribution in [-0.4, -0.2) is 36.0 Å². The van der Waals surface area contributed by atoms with Gasteiger partial charge in [0.15, 0.2) is 5.54 Å². The molecule has 1 aromatic carbocycles. The second-order valence-corrected chi connectivity index (χ2v) is 4.11. The van der Waals surface area contributed by atoms with E-state index in [2.05, 4.69) is 10.6 Å². The number of nitrogens with one attached hydrogen (secondary N) is 1. The molecule has 0 aromatic heterocycles. The molecular weight excluding hydrogens is 234 g/mol. The molecule has 0 saturated carbocycles. The van der Waals surface area contributed by atoms with E-state index in [1.165, 1.54) is 5.01 Å². The molecule has 1 unspecified atom stereocenters. The minimum absolute atomic E-state index is 0.337. The van der Waals surface area contributed by atoms with Gasteiger partial charge in [-0.3, -0.25) is 4.79 Å². The maximum Gasteiger partial charge on any atom is 0.275 e. The molecule has 1 amide bonds. The predicted molar refractivity (Wildman–Crippen MR) is 65.5 cm³/mol. The van der Waals surface area contributed by atoms with E-state index in [1.54, 1.807) is 45.3 Å². The van der Waals surface area contributed by atoms with Gasteiger partial charge in [-0.15, -0.1) is 0 Å². The van der Waals surface area contributed by atoms with Crippen molar-refractivity contribution in [2.45, 2.75) is 12.5 Å². The Balaban J connectivity index is 2.57. The maximum atomic E-state index is 12.2. The third-order valence-corrected chi connectivity index (χ3v) is 3.13. The molecule has 6 heteroatoms. The van der Waals surface area contributed by atoms with Crippen molar-refractivity contribution in [3.05, 3.63) is 29.8 Å². The van der Waals surface area contributed by atoms with Crippen LogP contribution in [-0.2, 0) is 10.3 Å². The van der Waals surface area contributed by atoms with Crippen LogP contribution in [0.25, 0.3) is 0 Å². The molecule has 6 nitrogen and oxygen atoms in total. The van der Waals surface area contributed by atoms with Crippen molar-refractivity contribution >= 4 is 11.6 Å². The highest BCUT2D eigenvalue weighted by Crippen LogP contribution is 2.31. The number of carbonyl (C=O) groups excluding carboxylic acids is 1. The fourth-order valence-corrected chi connectivity index (χ4v) is 2.12. The standard InChI is InChI=1S/C12H15N3O3/c1-8-12(14-17,11(16)15(2)13-8)9-5-4-6-10(7-9)18-3/h4-7,14,17H,1-3H3. The molecule has 96 valence electrons. The lowest BCUT2D eigenvalue weighted by atomic mass is 9.86. The number of rotatable bonds is 3. The highest BCUT2D eigenvalue weighted by molar-refractivity contribution is 6.15. The molecule has 0 saturated heterocycles. The number of nitrogens with zero attached hydrogens (tertiary/aromatic N) is 2. The van der Waals surface area contributed by atoms with Gasteiger partial charge in [0.1, 0.15) is 5.75 Å².